The average molecular weight is 335 g/mol. The molecule has 1 aliphatic heterocycles. The van der Waals surface area contributed by atoms with Gasteiger partial charge in [0.05, 0.1) is 11.6 Å². The molecule has 0 bridgehead atoms. The molecule has 2 heterocycles. The van der Waals surface area contributed by atoms with Crippen LogP contribution in [0.2, 0.25) is 5.02 Å². The van der Waals surface area contributed by atoms with Gasteiger partial charge in [0.25, 0.3) is 0 Å². The summed E-state index contributed by atoms with van der Waals surface area (Å²) in [5, 5.41) is 0.674. The van der Waals surface area contributed by atoms with E-state index in [0.29, 0.717) is 11.6 Å². The number of halogens is 1. The Hall–Kier alpha value is -1.56. The Bertz CT molecular complexity index is 623. The molecule has 0 aliphatic carbocycles. The predicted molar refractivity (Wildman–Crippen MR) is 91.9 cm³/mol. The zero-order valence-corrected chi connectivity index (χ0v) is 14.2. The van der Waals surface area contributed by atoms with Crippen LogP contribution in [0, 0.1) is 0 Å². The van der Waals surface area contributed by atoms with Crippen molar-refractivity contribution in [2.75, 3.05) is 39.3 Å². The van der Waals surface area contributed by atoms with Gasteiger partial charge >= 0.3 is 0 Å². The summed E-state index contributed by atoms with van der Waals surface area (Å²) in [6.45, 7) is 6.79. The number of ether oxygens (including phenoxy) is 1. The first-order chi connectivity index (χ1) is 11.2. The fraction of sp³-hybridized carbons (Fsp3) is 0.471. The molecular weight excluding hydrogens is 312 g/mol. The number of imidazole rings is 1. The summed E-state index contributed by atoms with van der Waals surface area (Å²) < 4.78 is 7.85. The van der Waals surface area contributed by atoms with E-state index < -0.39 is 0 Å². The van der Waals surface area contributed by atoms with Crippen molar-refractivity contribution in [1.82, 2.24) is 19.4 Å². The van der Waals surface area contributed by atoms with Gasteiger partial charge in [0.1, 0.15) is 18.2 Å². The van der Waals surface area contributed by atoms with Gasteiger partial charge in [0.2, 0.25) is 0 Å². The van der Waals surface area contributed by atoms with Crippen molar-refractivity contribution in [1.29, 1.82) is 0 Å². The Labute approximate surface area is 142 Å². The minimum atomic E-state index is 0.670. The zero-order valence-electron chi connectivity index (χ0n) is 13.5. The Kier molecular flexibility index (Phi) is 5.54. The van der Waals surface area contributed by atoms with Crippen molar-refractivity contribution in [3.05, 3.63) is 47.5 Å². The monoisotopic (exact) mass is 334 g/mol. The molecule has 0 spiro atoms. The lowest BCUT2D eigenvalue weighted by Crippen LogP contribution is -2.47. The number of para-hydroxylation sites is 1. The molecule has 0 radical (unpaired) electrons. The van der Waals surface area contributed by atoms with Crippen LogP contribution in [-0.4, -0.2) is 58.7 Å². The number of aromatic nitrogens is 2. The van der Waals surface area contributed by atoms with Gasteiger partial charge in [-0.3, -0.25) is 9.80 Å². The quantitative estimate of drug-likeness (QED) is 0.811. The van der Waals surface area contributed by atoms with Crippen LogP contribution in [-0.2, 0) is 13.6 Å². The number of piperazine rings is 1. The van der Waals surface area contributed by atoms with E-state index >= 15 is 0 Å². The SMILES string of the molecule is Cn1ccnc1CN1CCN(CCOc2ccccc2Cl)CC1. The molecule has 1 aliphatic rings. The minimum absolute atomic E-state index is 0.670. The highest BCUT2D eigenvalue weighted by atomic mass is 35.5. The molecule has 3 rings (SSSR count). The smallest absolute Gasteiger partial charge is 0.137 e. The molecule has 23 heavy (non-hydrogen) atoms. The first-order valence-corrected chi connectivity index (χ1v) is 8.38. The van der Waals surface area contributed by atoms with Crippen LogP contribution in [0.5, 0.6) is 5.75 Å². The summed E-state index contributed by atoms with van der Waals surface area (Å²) in [7, 11) is 2.05. The van der Waals surface area contributed by atoms with E-state index in [2.05, 4.69) is 19.4 Å². The van der Waals surface area contributed by atoms with E-state index in [9.17, 15) is 0 Å². The molecule has 0 unspecified atom stereocenters. The van der Waals surface area contributed by atoms with Crippen LogP contribution in [0.3, 0.4) is 0 Å². The van der Waals surface area contributed by atoms with E-state index in [4.69, 9.17) is 16.3 Å². The van der Waals surface area contributed by atoms with Crippen LogP contribution < -0.4 is 4.74 Å². The fourth-order valence-corrected chi connectivity index (χ4v) is 2.96. The molecule has 1 saturated heterocycles. The van der Waals surface area contributed by atoms with Crippen LogP contribution in [0.15, 0.2) is 36.7 Å². The standard InChI is InChI=1S/C17H23ClN4O/c1-20-7-6-19-17(20)14-22-10-8-21(9-11-22)12-13-23-16-5-3-2-4-15(16)18/h2-7H,8-14H2,1H3. The van der Waals surface area contributed by atoms with Crippen molar-refractivity contribution >= 4 is 11.6 Å². The van der Waals surface area contributed by atoms with Crippen molar-refractivity contribution < 1.29 is 4.74 Å². The maximum atomic E-state index is 6.09. The Balaban J connectivity index is 1.38. The number of hydrogen-bond donors (Lipinski definition) is 0. The highest BCUT2D eigenvalue weighted by Gasteiger charge is 2.18. The van der Waals surface area contributed by atoms with Crippen molar-refractivity contribution in [2.45, 2.75) is 6.54 Å². The van der Waals surface area contributed by atoms with Crippen LogP contribution in [0.1, 0.15) is 5.82 Å². The van der Waals surface area contributed by atoms with Gasteiger partial charge in [-0.1, -0.05) is 23.7 Å². The van der Waals surface area contributed by atoms with Gasteiger partial charge in [-0.25, -0.2) is 4.98 Å². The molecule has 124 valence electrons. The highest BCUT2D eigenvalue weighted by Crippen LogP contribution is 2.22. The third kappa shape index (κ3) is 4.47. The van der Waals surface area contributed by atoms with E-state index in [1.165, 1.54) is 0 Å². The topological polar surface area (TPSA) is 33.5 Å². The van der Waals surface area contributed by atoms with Gasteiger partial charge in [-0.2, -0.15) is 0 Å². The highest BCUT2D eigenvalue weighted by molar-refractivity contribution is 6.32. The average Bonchev–Trinajstić information content (AvgIpc) is 2.96. The summed E-state index contributed by atoms with van der Waals surface area (Å²) in [6.07, 6.45) is 3.86. The Morgan fingerprint density at radius 3 is 2.57 bits per heavy atom. The zero-order chi connectivity index (χ0) is 16.1. The second-order valence-corrected chi connectivity index (χ2v) is 6.26. The van der Waals surface area contributed by atoms with E-state index in [-0.39, 0.29) is 0 Å². The number of hydrogen-bond acceptors (Lipinski definition) is 4. The van der Waals surface area contributed by atoms with Gasteiger partial charge < -0.3 is 9.30 Å². The van der Waals surface area contributed by atoms with Crippen LogP contribution >= 0.6 is 11.6 Å². The van der Waals surface area contributed by atoms with Crippen molar-refractivity contribution in [3.8, 4) is 5.75 Å². The predicted octanol–water partition coefficient (Wildman–Crippen LogP) is 2.27. The molecule has 1 fully saturated rings. The normalized spacial score (nSPS) is 16.6. The molecule has 0 amide bonds. The van der Waals surface area contributed by atoms with E-state index in [1.54, 1.807) is 0 Å². The molecule has 5 nitrogen and oxygen atoms in total. The Morgan fingerprint density at radius 2 is 1.87 bits per heavy atom. The molecule has 0 N–H and O–H groups in total. The van der Waals surface area contributed by atoms with Crippen molar-refractivity contribution in [3.63, 3.8) is 0 Å². The van der Waals surface area contributed by atoms with Gasteiger partial charge in [-0.15, -0.1) is 0 Å². The molecule has 0 atom stereocenters. The Morgan fingerprint density at radius 1 is 1.13 bits per heavy atom. The maximum Gasteiger partial charge on any atom is 0.137 e. The first-order valence-electron chi connectivity index (χ1n) is 8.00. The number of aryl methyl sites for hydroxylation is 1. The summed E-state index contributed by atoms with van der Waals surface area (Å²) in [5.74, 6) is 1.89. The first kappa shape index (κ1) is 16.3. The van der Waals surface area contributed by atoms with Gasteiger partial charge in [-0.05, 0) is 12.1 Å². The molecule has 6 heteroatoms. The molecule has 2 aromatic rings. The maximum absolute atomic E-state index is 6.09. The second-order valence-electron chi connectivity index (χ2n) is 5.85. The van der Waals surface area contributed by atoms with Crippen LogP contribution in [0.4, 0.5) is 0 Å². The number of nitrogens with zero attached hydrogens (tertiary/aromatic N) is 4. The lowest BCUT2D eigenvalue weighted by atomic mass is 10.3. The number of benzene rings is 1. The largest absolute Gasteiger partial charge is 0.491 e. The lowest BCUT2D eigenvalue weighted by Gasteiger charge is -2.34. The number of rotatable bonds is 6. The summed E-state index contributed by atoms with van der Waals surface area (Å²) in [5.41, 5.74) is 0. The fourth-order valence-electron chi connectivity index (χ4n) is 2.77. The third-order valence-corrected chi connectivity index (χ3v) is 4.56. The summed E-state index contributed by atoms with van der Waals surface area (Å²) in [6, 6.07) is 7.62. The minimum Gasteiger partial charge on any atom is -0.491 e. The lowest BCUT2D eigenvalue weighted by molar-refractivity contribution is 0.110. The molecule has 0 saturated carbocycles. The third-order valence-electron chi connectivity index (χ3n) is 4.25. The summed E-state index contributed by atoms with van der Waals surface area (Å²) >= 11 is 6.09. The van der Waals surface area contributed by atoms with Crippen molar-refractivity contribution in [2.24, 2.45) is 7.05 Å². The molecule has 1 aromatic carbocycles. The summed E-state index contributed by atoms with van der Waals surface area (Å²) in [4.78, 5) is 9.28. The molecular formula is C17H23ClN4O. The van der Waals surface area contributed by atoms with Crippen LogP contribution in [0.25, 0.3) is 0 Å². The van der Waals surface area contributed by atoms with E-state index in [1.807, 2.05) is 43.7 Å². The second kappa shape index (κ2) is 7.81. The van der Waals surface area contributed by atoms with Gasteiger partial charge in [0.15, 0.2) is 0 Å². The van der Waals surface area contributed by atoms with E-state index in [0.717, 1.165) is 50.8 Å². The van der Waals surface area contributed by atoms with Gasteiger partial charge in [0, 0.05) is 52.2 Å². The molecule has 1 aromatic heterocycles.